The molecule has 0 bridgehead atoms. The zero-order valence-electron chi connectivity index (χ0n) is 19.5. The van der Waals surface area contributed by atoms with Gasteiger partial charge in [-0.3, -0.25) is 0 Å². The number of pyridine rings is 1. The quantitative estimate of drug-likeness (QED) is 0.439. The number of hydrogen-bond acceptors (Lipinski definition) is 7. The third-order valence-corrected chi connectivity index (χ3v) is 7.77. The van der Waals surface area contributed by atoms with Gasteiger partial charge in [-0.25, -0.2) is 9.78 Å². The van der Waals surface area contributed by atoms with Gasteiger partial charge in [-0.15, -0.1) is 11.8 Å². The van der Waals surface area contributed by atoms with Crippen LogP contribution in [0.1, 0.15) is 29.2 Å². The Labute approximate surface area is 199 Å². The SMILES string of the molecule is CNC1CC(n2cc(C(=O)OC)c3ccc(N4CCN(c5ccc(SC)cc5)CC4)nc32)C1. The summed E-state index contributed by atoms with van der Waals surface area (Å²) in [6, 6.07) is 13.7. The third-order valence-electron chi connectivity index (χ3n) is 7.02. The van der Waals surface area contributed by atoms with E-state index in [1.807, 2.05) is 25.4 Å². The number of nitrogens with zero attached hydrogens (tertiary/aromatic N) is 4. The summed E-state index contributed by atoms with van der Waals surface area (Å²) in [6.07, 6.45) is 6.12. The maximum absolute atomic E-state index is 12.4. The molecule has 5 rings (SSSR count). The summed E-state index contributed by atoms with van der Waals surface area (Å²) in [5, 5.41) is 4.20. The molecule has 33 heavy (non-hydrogen) atoms. The summed E-state index contributed by atoms with van der Waals surface area (Å²) >= 11 is 1.77. The monoisotopic (exact) mass is 465 g/mol. The molecule has 0 amide bonds. The second kappa shape index (κ2) is 9.27. The van der Waals surface area contributed by atoms with Crippen LogP contribution >= 0.6 is 11.8 Å². The van der Waals surface area contributed by atoms with Crippen molar-refractivity contribution in [3.63, 3.8) is 0 Å². The summed E-state index contributed by atoms with van der Waals surface area (Å²) in [4.78, 5) is 23.5. The van der Waals surface area contributed by atoms with E-state index in [4.69, 9.17) is 9.72 Å². The van der Waals surface area contributed by atoms with Crippen molar-refractivity contribution >= 4 is 40.3 Å². The normalized spacial score (nSPS) is 20.7. The van der Waals surface area contributed by atoms with Gasteiger partial charge in [-0.05, 0) is 62.5 Å². The minimum atomic E-state index is -0.307. The number of carbonyl (C=O) groups excluding carboxylic acids is 1. The zero-order valence-corrected chi connectivity index (χ0v) is 20.3. The van der Waals surface area contributed by atoms with Gasteiger partial charge in [-0.1, -0.05) is 0 Å². The molecular formula is C25H31N5O2S. The maximum Gasteiger partial charge on any atom is 0.340 e. The number of hydrogen-bond donors (Lipinski definition) is 1. The molecule has 8 heteroatoms. The Bertz CT molecular complexity index is 1130. The average molecular weight is 466 g/mol. The summed E-state index contributed by atoms with van der Waals surface area (Å²) in [6.45, 7) is 3.75. The lowest BCUT2D eigenvalue weighted by atomic mass is 9.87. The number of nitrogens with one attached hydrogen (secondary N) is 1. The van der Waals surface area contributed by atoms with Crippen LogP contribution < -0.4 is 15.1 Å². The van der Waals surface area contributed by atoms with Gasteiger partial charge in [0, 0.05) is 60.4 Å². The fourth-order valence-corrected chi connectivity index (χ4v) is 5.29. The van der Waals surface area contributed by atoms with E-state index in [9.17, 15) is 4.79 Å². The second-order valence-electron chi connectivity index (χ2n) is 8.77. The fraction of sp³-hybridized carbons (Fsp3) is 0.440. The molecule has 2 fully saturated rings. The minimum Gasteiger partial charge on any atom is -0.465 e. The number of ether oxygens (including phenoxy) is 1. The van der Waals surface area contributed by atoms with Crippen LogP contribution in [0.15, 0.2) is 47.5 Å². The highest BCUT2D eigenvalue weighted by Gasteiger charge is 2.32. The lowest BCUT2D eigenvalue weighted by molar-refractivity contribution is 0.0602. The van der Waals surface area contributed by atoms with Crippen molar-refractivity contribution in [2.24, 2.45) is 0 Å². The molecule has 3 heterocycles. The predicted molar refractivity (Wildman–Crippen MR) is 135 cm³/mol. The summed E-state index contributed by atoms with van der Waals surface area (Å²) in [5.74, 6) is 0.666. The van der Waals surface area contributed by atoms with E-state index in [0.29, 0.717) is 17.6 Å². The van der Waals surface area contributed by atoms with Gasteiger partial charge in [0.25, 0.3) is 0 Å². The first kappa shape index (κ1) is 22.1. The zero-order chi connectivity index (χ0) is 22.9. The number of carbonyl (C=O) groups is 1. The first-order chi connectivity index (χ1) is 16.1. The third kappa shape index (κ3) is 4.17. The number of esters is 1. The van der Waals surface area contributed by atoms with Gasteiger partial charge < -0.3 is 24.4 Å². The predicted octanol–water partition coefficient (Wildman–Crippen LogP) is 3.79. The Morgan fingerprint density at radius 2 is 1.76 bits per heavy atom. The molecule has 1 N–H and O–H groups in total. The second-order valence-corrected chi connectivity index (χ2v) is 9.64. The van der Waals surface area contributed by atoms with Crippen LogP contribution in [0.25, 0.3) is 11.0 Å². The van der Waals surface area contributed by atoms with E-state index < -0.39 is 0 Å². The van der Waals surface area contributed by atoms with Crippen LogP contribution in [0.2, 0.25) is 0 Å². The summed E-state index contributed by atoms with van der Waals surface area (Å²) < 4.78 is 7.22. The lowest BCUT2D eigenvalue weighted by Gasteiger charge is -2.37. The number of piperazine rings is 1. The highest BCUT2D eigenvalue weighted by Crippen LogP contribution is 2.37. The van der Waals surface area contributed by atoms with Crippen molar-refractivity contribution in [1.82, 2.24) is 14.9 Å². The van der Waals surface area contributed by atoms with Gasteiger partial charge in [0.1, 0.15) is 11.5 Å². The number of benzene rings is 1. The molecule has 0 spiro atoms. The molecule has 0 unspecified atom stereocenters. The number of thioether (sulfide) groups is 1. The van der Waals surface area contributed by atoms with Gasteiger partial charge in [0.15, 0.2) is 0 Å². The van der Waals surface area contributed by atoms with Crippen molar-refractivity contribution in [2.75, 3.05) is 56.4 Å². The Balaban J connectivity index is 1.37. The molecule has 1 aliphatic carbocycles. The lowest BCUT2D eigenvalue weighted by Crippen LogP contribution is -2.46. The molecular weight excluding hydrogens is 434 g/mol. The molecule has 1 aromatic carbocycles. The molecule has 174 valence electrons. The van der Waals surface area contributed by atoms with Gasteiger partial charge in [0.05, 0.1) is 12.7 Å². The smallest absolute Gasteiger partial charge is 0.340 e. The molecule has 2 aromatic heterocycles. The first-order valence-electron chi connectivity index (χ1n) is 11.5. The van der Waals surface area contributed by atoms with E-state index in [0.717, 1.165) is 55.9 Å². The molecule has 3 aromatic rings. The first-order valence-corrected chi connectivity index (χ1v) is 12.7. The molecule has 2 aliphatic rings. The minimum absolute atomic E-state index is 0.307. The van der Waals surface area contributed by atoms with Crippen LogP contribution in [-0.4, -0.2) is 68.2 Å². The standard InChI is InChI=1S/C25H31N5O2S/c1-26-17-14-19(15-17)30-16-22(25(31)32-2)21-8-9-23(27-24(21)30)29-12-10-28(11-13-29)18-4-6-20(33-3)7-5-18/h4-9,16-17,19,26H,10-15H2,1-3H3. The van der Waals surface area contributed by atoms with Crippen molar-refractivity contribution in [2.45, 2.75) is 29.8 Å². The van der Waals surface area contributed by atoms with Crippen molar-refractivity contribution in [1.29, 1.82) is 0 Å². The van der Waals surface area contributed by atoms with E-state index >= 15 is 0 Å². The average Bonchev–Trinajstić information content (AvgIpc) is 3.21. The van der Waals surface area contributed by atoms with E-state index in [1.54, 1.807) is 11.8 Å². The van der Waals surface area contributed by atoms with E-state index in [-0.39, 0.29) is 5.97 Å². The van der Waals surface area contributed by atoms with Gasteiger partial charge in [-0.2, -0.15) is 0 Å². The molecule has 0 atom stereocenters. The number of methoxy groups -OCH3 is 1. The van der Waals surface area contributed by atoms with Crippen LogP contribution in [0.4, 0.5) is 11.5 Å². The van der Waals surface area contributed by atoms with Crippen LogP contribution in [-0.2, 0) is 4.74 Å². The van der Waals surface area contributed by atoms with Crippen LogP contribution in [0.3, 0.4) is 0 Å². The van der Waals surface area contributed by atoms with Gasteiger partial charge >= 0.3 is 5.97 Å². The van der Waals surface area contributed by atoms with Crippen LogP contribution in [0, 0.1) is 0 Å². The Kier molecular flexibility index (Phi) is 6.21. The molecule has 0 radical (unpaired) electrons. The highest BCUT2D eigenvalue weighted by molar-refractivity contribution is 7.98. The largest absolute Gasteiger partial charge is 0.465 e. The van der Waals surface area contributed by atoms with Crippen molar-refractivity contribution in [3.8, 4) is 0 Å². The Hall–Kier alpha value is -2.71. The number of aromatic nitrogens is 2. The Morgan fingerprint density at radius 3 is 2.39 bits per heavy atom. The number of fused-ring (bicyclic) bond motifs is 1. The number of anilines is 2. The maximum atomic E-state index is 12.4. The Morgan fingerprint density at radius 1 is 1.06 bits per heavy atom. The highest BCUT2D eigenvalue weighted by atomic mass is 32.2. The molecule has 7 nitrogen and oxygen atoms in total. The van der Waals surface area contributed by atoms with Crippen molar-refractivity contribution < 1.29 is 9.53 Å². The summed E-state index contributed by atoms with van der Waals surface area (Å²) in [7, 11) is 3.43. The fourth-order valence-electron chi connectivity index (χ4n) is 4.88. The van der Waals surface area contributed by atoms with Crippen molar-refractivity contribution in [3.05, 3.63) is 48.2 Å². The van der Waals surface area contributed by atoms with E-state index in [2.05, 4.69) is 50.2 Å². The topological polar surface area (TPSA) is 62.6 Å². The van der Waals surface area contributed by atoms with E-state index in [1.165, 1.54) is 17.7 Å². The molecule has 1 saturated carbocycles. The molecule has 1 aliphatic heterocycles. The van der Waals surface area contributed by atoms with Crippen LogP contribution in [0.5, 0.6) is 0 Å². The molecule has 1 saturated heterocycles. The number of rotatable bonds is 6. The van der Waals surface area contributed by atoms with Gasteiger partial charge in [0.2, 0.25) is 0 Å². The summed E-state index contributed by atoms with van der Waals surface area (Å²) in [5.41, 5.74) is 2.75.